The highest BCUT2D eigenvalue weighted by Gasteiger charge is 2.17. The molecule has 0 atom stereocenters. The summed E-state index contributed by atoms with van der Waals surface area (Å²) in [6.45, 7) is 6.05. The van der Waals surface area contributed by atoms with Crippen LogP contribution in [0.15, 0.2) is 48.5 Å². The van der Waals surface area contributed by atoms with Crippen LogP contribution in [0.4, 0.5) is 15.8 Å². The fourth-order valence-electron chi connectivity index (χ4n) is 2.63. The van der Waals surface area contributed by atoms with E-state index in [1.807, 2.05) is 12.1 Å². The largest absolute Gasteiger partial charge is 0.368 e. The minimum atomic E-state index is -0.174. The minimum Gasteiger partial charge on any atom is -0.368 e. The van der Waals surface area contributed by atoms with E-state index >= 15 is 0 Å². The van der Waals surface area contributed by atoms with Crippen molar-refractivity contribution in [3.05, 3.63) is 59.9 Å². The molecule has 1 saturated heterocycles. The molecule has 1 heterocycles. The van der Waals surface area contributed by atoms with Crippen LogP contribution in [0.3, 0.4) is 0 Å². The van der Waals surface area contributed by atoms with E-state index in [1.54, 1.807) is 0 Å². The minimum absolute atomic E-state index is 0.174. The second-order valence-corrected chi connectivity index (χ2v) is 5.29. The first-order valence-electron chi connectivity index (χ1n) is 7.04. The molecule has 1 fully saturated rings. The van der Waals surface area contributed by atoms with Gasteiger partial charge in [0, 0.05) is 37.6 Å². The Bertz CT molecular complexity index is 501. The Morgan fingerprint density at radius 2 is 1.10 bits per heavy atom. The first kappa shape index (κ1) is 13.0. The van der Waals surface area contributed by atoms with Crippen molar-refractivity contribution >= 4 is 11.4 Å². The summed E-state index contributed by atoms with van der Waals surface area (Å²) in [7, 11) is 0. The molecule has 0 aliphatic carbocycles. The summed E-state index contributed by atoms with van der Waals surface area (Å²) in [4.78, 5) is 4.71. The molecular formula is C17H19FN2. The van der Waals surface area contributed by atoms with E-state index in [-0.39, 0.29) is 5.82 Å². The lowest BCUT2D eigenvalue weighted by Gasteiger charge is -2.37. The average Bonchev–Trinajstić information content (AvgIpc) is 2.49. The molecule has 2 aromatic carbocycles. The molecule has 3 heteroatoms. The number of piperazine rings is 1. The third-order valence-corrected chi connectivity index (χ3v) is 3.87. The van der Waals surface area contributed by atoms with Gasteiger partial charge >= 0.3 is 0 Å². The zero-order valence-electron chi connectivity index (χ0n) is 11.7. The second kappa shape index (κ2) is 5.53. The summed E-state index contributed by atoms with van der Waals surface area (Å²) in [5.41, 5.74) is 3.68. The van der Waals surface area contributed by atoms with E-state index in [2.05, 4.69) is 41.0 Å². The number of nitrogens with zero attached hydrogens (tertiary/aromatic N) is 2. The fourth-order valence-corrected chi connectivity index (χ4v) is 2.63. The Labute approximate surface area is 119 Å². The van der Waals surface area contributed by atoms with E-state index in [4.69, 9.17) is 0 Å². The van der Waals surface area contributed by atoms with Gasteiger partial charge in [0.25, 0.3) is 0 Å². The van der Waals surface area contributed by atoms with Crippen molar-refractivity contribution in [2.45, 2.75) is 6.92 Å². The van der Waals surface area contributed by atoms with Gasteiger partial charge < -0.3 is 9.80 Å². The van der Waals surface area contributed by atoms with Crippen molar-refractivity contribution in [1.29, 1.82) is 0 Å². The molecule has 0 N–H and O–H groups in total. The highest BCUT2D eigenvalue weighted by Crippen LogP contribution is 2.21. The van der Waals surface area contributed by atoms with E-state index in [0.717, 1.165) is 31.9 Å². The lowest BCUT2D eigenvalue weighted by atomic mass is 10.2. The van der Waals surface area contributed by atoms with Gasteiger partial charge in [-0.1, -0.05) is 17.7 Å². The van der Waals surface area contributed by atoms with Crippen molar-refractivity contribution in [3.63, 3.8) is 0 Å². The normalized spacial score (nSPS) is 15.5. The molecule has 3 rings (SSSR count). The van der Waals surface area contributed by atoms with E-state index in [0.29, 0.717) is 0 Å². The lowest BCUT2D eigenvalue weighted by molar-refractivity contribution is 0.625. The van der Waals surface area contributed by atoms with Gasteiger partial charge in [0.1, 0.15) is 5.82 Å². The van der Waals surface area contributed by atoms with Crippen molar-refractivity contribution in [3.8, 4) is 0 Å². The van der Waals surface area contributed by atoms with Gasteiger partial charge in [-0.15, -0.1) is 0 Å². The van der Waals surface area contributed by atoms with Gasteiger partial charge in [-0.2, -0.15) is 0 Å². The lowest BCUT2D eigenvalue weighted by Crippen LogP contribution is -2.46. The topological polar surface area (TPSA) is 6.48 Å². The predicted molar refractivity (Wildman–Crippen MR) is 82.0 cm³/mol. The molecule has 0 aromatic heterocycles. The van der Waals surface area contributed by atoms with Gasteiger partial charge in [0.15, 0.2) is 0 Å². The Morgan fingerprint density at radius 3 is 1.55 bits per heavy atom. The van der Waals surface area contributed by atoms with E-state index in [9.17, 15) is 4.39 Å². The maximum absolute atomic E-state index is 12.9. The van der Waals surface area contributed by atoms with Crippen molar-refractivity contribution < 1.29 is 4.39 Å². The number of halogens is 1. The van der Waals surface area contributed by atoms with Gasteiger partial charge in [0.2, 0.25) is 0 Å². The molecule has 1 aliphatic rings. The van der Waals surface area contributed by atoms with Crippen LogP contribution in [0, 0.1) is 12.7 Å². The number of aryl methyl sites for hydroxylation is 1. The second-order valence-electron chi connectivity index (χ2n) is 5.29. The molecule has 0 bridgehead atoms. The monoisotopic (exact) mass is 270 g/mol. The Morgan fingerprint density at radius 1 is 0.700 bits per heavy atom. The van der Waals surface area contributed by atoms with Gasteiger partial charge in [-0.05, 0) is 43.3 Å². The molecule has 0 spiro atoms. The van der Waals surface area contributed by atoms with Crippen LogP contribution in [-0.4, -0.2) is 26.2 Å². The summed E-state index contributed by atoms with van der Waals surface area (Å²) in [5.74, 6) is -0.174. The van der Waals surface area contributed by atoms with E-state index < -0.39 is 0 Å². The van der Waals surface area contributed by atoms with E-state index in [1.165, 1.54) is 23.4 Å². The van der Waals surface area contributed by atoms with Crippen LogP contribution >= 0.6 is 0 Å². The van der Waals surface area contributed by atoms with Gasteiger partial charge in [-0.3, -0.25) is 0 Å². The summed E-state index contributed by atoms with van der Waals surface area (Å²) in [6.07, 6.45) is 0. The van der Waals surface area contributed by atoms with Crippen LogP contribution < -0.4 is 9.80 Å². The van der Waals surface area contributed by atoms with Gasteiger partial charge in [0.05, 0.1) is 0 Å². The molecule has 0 amide bonds. The first-order chi connectivity index (χ1) is 9.72. The zero-order valence-corrected chi connectivity index (χ0v) is 11.7. The number of hydrogen-bond donors (Lipinski definition) is 0. The van der Waals surface area contributed by atoms with Crippen molar-refractivity contribution in [1.82, 2.24) is 0 Å². The Hall–Kier alpha value is -2.03. The number of benzene rings is 2. The molecule has 0 saturated carbocycles. The van der Waals surface area contributed by atoms with Crippen LogP contribution in [-0.2, 0) is 0 Å². The predicted octanol–water partition coefficient (Wildman–Crippen LogP) is 3.46. The first-order valence-corrected chi connectivity index (χ1v) is 7.04. The maximum atomic E-state index is 12.9. The maximum Gasteiger partial charge on any atom is 0.123 e. The zero-order chi connectivity index (χ0) is 13.9. The Balaban J connectivity index is 1.64. The van der Waals surface area contributed by atoms with Crippen molar-refractivity contribution in [2.75, 3.05) is 36.0 Å². The standard InChI is InChI=1S/C17H19FN2/c1-14-2-6-16(7-3-14)19-10-12-20(13-11-19)17-8-4-15(18)5-9-17/h2-9H,10-13H2,1H3. The molecule has 2 nitrogen and oxygen atoms in total. The Kier molecular flexibility index (Phi) is 3.59. The third kappa shape index (κ3) is 2.77. The molecule has 2 aromatic rings. The molecule has 1 aliphatic heterocycles. The molecule has 104 valence electrons. The SMILES string of the molecule is Cc1ccc(N2CCN(c3ccc(F)cc3)CC2)cc1. The van der Waals surface area contributed by atoms with Crippen LogP contribution in [0.5, 0.6) is 0 Å². The molecule has 20 heavy (non-hydrogen) atoms. The van der Waals surface area contributed by atoms with Crippen LogP contribution in [0.1, 0.15) is 5.56 Å². The van der Waals surface area contributed by atoms with Crippen molar-refractivity contribution in [2.24, 2.45) is 0 Å². The molecule has 0 radical (unpaired) electrons. The molecule has 0 unspecified atom stereocenters. The smallest absolute Gasteiger partial charge is 0.123 e. The third-order valence-electron chi connectivity index (χ3n) is 3.87. The number of rotatable bonds is 2. The van der Waals surface area contributed by atoms with Crippen LogP contribution in [0.2, 0.25) is 0 Å². The number of hydrogen-bond acceptors (Lipinski definition) is 2. The van der Waals surface area contributed by atoms with Crippen LogP contribution in [0.25, 0.3) is 0 Å². The summed E-state index contributed by atoms with van der Waals surface area (Å²) in [6, 6.07) is 15.5. The number of anilines is 2. The van der Waals surface area contributed by atoms with Gasteiger partial charge in [-0.25, -0.2) is 4.39 Å². The fraction of sp³-hybridized carbons (Fsp3) is 0.294. The average molecular weight is 270 g/mol. The highest BCUT2D eigenvalue weighted by atomic mass is 19.1. The quantitative estimate of drug-likeness (QED) is 0.824. The highest BCUT2D eigenvalue weighted by molar-refractivity contribution is 5.52. The summed E-state index contributed by atoms with van der Waals surface area (Å²) in [5, 5.41) is 0. The summed E-state index contributed by atoms with van der Waals surface area (Å²) >= 11 is 0. The molecular weight excluding hydrogens is 251 g/mol. The summed E-state index contributed by atoms with van der Waals surface area (Å²) < 4.78 is 12.9.